The van der Waals surface area contributed by atoms with Crippen LogP contribution >= 0.6 is 0 Å². The Morgan fingerprint density at radius 3 is 2.60 bits per heavy atom. The van der Waals surface area contributed by atoms with Crippen molar-refractivity contribution in [3.63, 3.8) is 0 Å². The summed E-state index contributed by atoms with van der Waals surface area (Å²) in [6.45, 7) is 1.15. The highest BCUT2D eigenvalue weighted by molar-refractivity contribution is 5.86. The van der Waals surface area contributed by atoms with Gasteiger partial charge in [0.25, 0.3) is 0 Å². The van der Waals surface area contributed by atoms with E-state index in [0.29, 0.717) is 12.1 Å². The highest BCUT2D eigenvalue weighted by Crippen LogP contribution is 2.32. The maximum Gasteiger partial charge on any atom is 0.0502 e. The molecular weight excluding hydrogens is 244 g/mol. The topological polar surface area (TPSA) is 15.3 Å². The SMILES string of the molecule is CN(C)C(c1cccc2ccccc12)C1CCCCN1. The van der Waals surface area contributed by atoms with E-state index in [4.69, 9.17) is 0 Å². The lowest BCUT2D eigenvalue weighted by atomic mass is 9.89. The van der Waals surface area contributed by atoms with Gasteiger partial charge in [-0.3, -0.25) is 0 Å². The van der Waals surface area contributed by atoms with Gasteiger partial charge in [-0.15, -0.1) is 0 Å². The van der Waals surface area contributed by atoms with Gasteiger partial charge in [0, 0.05) is 6.04 Å². The molecule has 1 N–H and O–H groups in total. The summed E-state index contributed by atoms with van der Waals surface area (Å²) in [5.74, 6) is 0. The normalized spacial score (nSPS) is 21.2. The summed E-state index contributed by atoms with van der Waals surface area (Å²) in [7, 11) is 4.39. The first kappa shape index (κ1) is 13.6. The molecular formula is C18H24N2. The van der Waals surface area contributed by atoms with Crippen LogP contribution in [0.2, 0.25) is 0 Å². The molecule has 1 saturated heterocycles. The van der Waals surface area contributed by atoms with E-state index in [1.165, 1.54) is 35.6 Å². The van der Waals surface area contributed by atoms with Crippen molar-refractivity contribution in [2.45, 2.75) is 31.3 Å². The third kappa shape index (κ3) is 2.58. The first-order valence-electron chi connectivity index (χ1n) is 7.65. The van der Waals surface area contributed by atoms with Crippen LogP contribution in [0.25, 0.3) is 10.8 Å². The number of rotatable bonds is 3. The zero-order valence-electron chi connectivity index (χ0n) is 12.5. The maximum absolute atomic E-state index is 3.72. The molecule has 0 radical (unpaired) electrons. The van der Waals surface area contributed by atoms with Gasteiger partial charge in [-0.2, -0.15) is 0 Å². The Morgan fingerprint density at radius 1 is 1.05 bits per heavy atom. The van der Waals surface area contributed by atoms with Gasteiger partial charge in [-0.05, 0) is 49.8 Å². The summed E-state index contributed by atoms with van der Waals surface area (Å²) in [5, 5.41) is 6.45. The number of likely N-dealkylation sites (N-methyl/N-ethyl adjacent to an activating group) is 1. The molecule has 20 heavy (non-hydrogen) atoms. The second kappa shape index (κ2) is 5.94. The molecule has 0 aromatic heterocycles. The number of piperidine rings is 1. The quantitative estimate of drug-likeness (QED) is 0.915. The molecule has 0 aliphatic carbocycles. The Labute approximate surface area is 121 Å². The monoisotopic (exact) mass is 268 g/mol. The molecule has 1 fully saturated rings. The molecule has 0 bridgehead atoms. The fourth-order valence-corrected chi connectivity index (χ4v) is 3.51. The van der Waals surface area contributed by atoms with Crippen molar-refractivity contribution in [2.75, 3.05) is 20.6 Å². The number of hydrogen-bond donors (Lipinski definition) is 1. The predicted octanol–water partition coefficient (Wildman–Crippen LogP) is 3.58. The number of nitrogens with one attached hydrogen (secondary N) is 1. The van der Waals surface area contributed by atoms with Crippen molar-refractivity contribution < 1.29 is 0 Å². The van der Waals surface area contributed by atoms with Crippen LogP contribution < -0.4 is 5.32 Å². The summed E-state index contributed by atoms with van der Waals surface area (Å²) in [5.41, 5.74) is 1.45. The average molecular weight is 268 g/mol. The molecule has 0 spiro atoms. The minimum atomic E-state index is 0.446. The lowest BCUT2D eigenvalue weighted by Crippen LogP contribution is -2.44. The van der Waals surface area contributed by atoms with Crippen molar-refractivity contribution >= 4 is 10.8 Å². The Morgan fingerprint density at radius 2 is 1.85 bits per heavy atom. The third-order valence-corrected chi connectivity index (χ3v) is 4.43. The number of hydrogen-bond acceptors (Lipinski definition) is 2. The molecule has 2 nitrogen and oxygen atoms in total. The number of fused-ring (bicyclic) bond motifs is 1. The summed E-state index contributed by atoms with van der Waals surface area (Å²) in [6.07, 6.45) is 3.92. The smallest absolute Gasteiger partial charge is 0.0502 e. The van der Waals surface area contributed by atoms with Crippen LogP contribution in [-0.4, -0.2) is 31.6 Å². The Hall–Kier alpha value is -1.38. The molecule has 0 amide bonds. The summed E-state index contributed by atoms with van der Waals surface area (Å²) >= 11 is 0. The molecule has 2 heteroatoms. The highest BCUT2D eigenvalue weighted by Gasteiger charge is 2.27. The van der Waals surface area contributed by atoms with Gasteiger partial charge < -0.3 is 10.2 Å². The van der Waals surface area contributed by atoms with Gasteiger partial charge in [-0.25, -0.2) is 0 Å². The maximum atomic E-state index is 3.72. The van der Waals surface area contributed by atoms with E-state index in [1.54, 1.807) is 0 Å². The summed E-state index contributed by atoms with van der Waals surface area (Å²) < 4.78 is 0. The lowest BCUT2D eigenvalue weighted by molar-refractivity contribution is 0.206. The third-order valence-electron chi connectivity index (χ3n) is 4.43. The van der Waals surface area contributed by atoms with Gasteiger partial charge in [0.2, 0.25) is 0 Å². The van der Waals surface area contributed by atoms with Crippen LogP contribution in [0.15, 0.2) is 42.5 Å². The zero-order chi connectivity index (χ0) is 13.9. The van der Waals surface area contributed by atoms with Crippen LogP contribution in [0.3, 0.4) is 0 Å². The summed E-state index contributed by atoms with van der Waals surface area (Å²) in [4.78, 5) is 2.37. The fraction of sp³-hybridized carbons (Fsp3) is 0.444. The van der Waals surface area contributed by atoms with E-state index in [1.807, 2.05) is 0 Å². The van der Waals surface area contributed by atoms with Gasteiger partial charge in [0.05, 0.1) is 6.04 Å². The molecule has 1 heterocycles. The Kier molecular flexibility index (Phi) is 4.04. The van der Waals surface area contributed by atoms with E-state index in [9.17, 15) is 0 Å². The van der Waals surface area contributed by atoms with Crippen molar-refractivity contribution in [3.8, 4) is 0 Å². The van der Waals surface area contributed by atoms with Crippen LogP contribution in [0.4, 0.5) is 0 Å². The molecule has 2 aromatic rings. The van der Waals surface area contributed by atoms with Crippen LogP contribution in [0.1, 0.15) is 30.9 Å². The summed E-state index contributed by atoms with van der Waals surface area (Å²) in [6, 6.07) is 16.4. The number of nitrogens with zero attached hydrogens (tertiary/aromatic N) is 1. The largest absolute Gasteiger partial charge is 0.312 e. The van der Waals surface area contributed by atoms with E-state index >= 15 is 0 Å². The van der Waals surface area contributed by atoms with E-state index in [2.05, 4.69) is 66.8 Å². The van der Waals surface area contributed by atoms with Gasteiger partial charge in [0.1, 0.15) is 0 Å². The second-order valence-electron chi connectivity index (χ2n) is 6.03. The molecule has 2 aromatic carbocycles. The molecule has 2 unspecified atom stereocenters. The molecule has 2 atom stereocenters. The highest BCUT2D eigenvalue weighted by atomic mass is 15.1. The van der Waals surface area contributed by atoms with Crippen molar-refractivity contribution in [1.82, 2.24) is 10.2 Å². The van der Waals surface area contributed by atoms with Crippen molar-refractivity contribution in [2.24, 2.45) is 0 Å². The Bertz CT molecular complexity index is 565. The molecule has 0 saturated carbocycles. The molecule has 3 rings (SSSR count). The first-order chi connectivity index (χ1) is 9.77. The van der Waals surface area contributed by atoms with E-state index in [0.717, 1.165) is 6.54 Å². The zero-order valence-corrected chi connectivity index (χ0v) is 12.5. The van der Waals surface area contributed by atoms with Gasteiger partial charge in [0.15, 0.2) is 0 Å². The predicted molar refractivity (Wildman–Crippen MR) is 86.0 cm³/mol. The van der Waals surface area contributed by atoms with Crippen molar-refractivity contribution in [3.05, 3.63) is 48.0 Å². The molecule has 1 aliphatic rings. The van der Waals surface area contributed by atoms with Crippen LogP contribution in [0.5, 0.6) is 0 Å². The number of benzene rings is 2. The minimum Gasteiger partial charge on any atom is -0.312 e. The first-order valence-corrected chi connectivity index (χ1v) is 7.65. The molecule has 1 aliphatic heterocycles. The van der Waals surface area contributed by atoms with Crippen LogP contribution in [0, 0.1) is 0 Å². The minimum absolute atomic E-state index is 0.446. The van der Waals surface area contributed by atoms with Crippen molar-refractivity contribution in [1.29, 1.82) is 0 Å². The average Bonchev–Trinajstić information content (AvgIpc) is 2.48. The fourth-order valence-electron chi connectivity index (χ4n) is 3.51. The standard InChI is InChI=1S/C18H24N2/c1-20(2)18(17-12-5-6-13-19-17)16-11-7-9-14-8-3-4-10-15(14)16/h3-4,7-11,17-19H,5-6,12-13H2,1-2H3. The molecule has 106 valence electrons. The van der Waals surface area contributed by atoms with E-state index in [-0.39, 0.29) is 0 Å². The van der Waals surface area contributed by atoms with Crippen LogP contribution in [-0.2, 0) is 0 Å². The van der Waals surface area contributed by atoms with E-state index < -0.39 is 0 Å². The van der Waals surface area contributed by atoms with Gasteiger partial charge in [-0.1, -0.05) is 48.9 Å². The second-order valence-corrected chi connectivity index (χ2v) is 6.03. The van der Waals surface area contributed by atoms with Gasteiger partial charge >= 0.3 is 0 Å². The lowest BCUT2D eigenvalue weighted by Gasteiger charge is -2.36. The Balaban J connectivity index is 2.05.